The van der Waals surface area contributed by atoms with Crippen LogP contribution in [0.4, 0.5) is 0 Å². The minimum atomic E-state index is 0.0215. The quantitative estimate of drug-likeness (QED) is 0.599. The molecular formula is C10H16O2. The summed E-state index contributed by atoms with van der Waals surface area (Å²) in [4.78, 5) is 0. The first-order chi connectivity index (χ1) is 5.93. The minimum Gasteiger partial charge on any atom is -0.353 e. The Balaban J connectivity index is 2.05. The molecule has 1 aliphatic rings. The highest BCUT2D eigenvalue weighted by Crippen LogP contribution is 2.13. The maximum atomic E-state index is 5.43. The van der Waals surface area contributed by atoms with Crippen molar-refractivity contribution in [1.29, 1.82) is 0 Å². The van der Waals surface area contributed by atoms with Gasteiger partial charge in [-0.05, 0) is 19.3 Å². The third-order valence-corrected chi connectivity index (χ3v) is 1.79. The standard InChI is InChI=1S/C10H16O2/c1-2-3-5-8-11-10-7-4-6-9-12-10/h2-3,5,10H,1,4,6-9H2. The van der Waals surface area contributed by atoms with E-state index in [2.05, 4.69) is 6.58 Å². The molecule has 0 aromatic heterocycles. The van der Waals surface area contributed by atoms with Gasteiger partial charge in [-0.15, -0.1) is 0 Å². The molecule has 1 atom stereocenters. The summed E-state index contributed by atoms with van der Waals surface area (Å²) in [5.41, 5.74) is 0. The summed E-state index contributed by atoms with van der Waals surface area (Å²) in [5, 5.41) is 0. The van der Waals surface area contributed by atoms with Crippen molar-refractivity contribution in [2.24, 2.45) is 0 Å². The lowest BCUT2D eigenvalue weighted by Crippen LogP contribution is -2.22. The molecule has 0 aliphatic carbocycles. The molecule has 1 rings (SSSR count). The molecule has 1 heterocycles. The Morgan fingerprint density at radius 1 is 1.50 bits per heavy atom. The van der Waals surface area contributed by atoms with E-state index in [1.807, 2.05) is 12.2 Å². The Morgan fingerprint density at radius 2 is 2.42 bits per heavy atom. The van der Waals surface area contributed by atoms with Crippen LogP contribution in [0, 0.1) is 0 Å². The molecule has 1 unspecified atom stereocenters. The van der Waals surface area contributed by atoms with Gasteiger partial charge in [-0.3, -0.25) is 0 Å². The van der Waals surface area contributed by atoms with Crippen LogP contribution in [-0.4, -0.2) is 19.5 Å². The predicted molar refractivity (Wildman–Crippen MR) is 48.9 cm³/mol. The fourth-order valence-electron chi connectivity index (χ4n) is 1.16. The van der Waals surface area contributed by atoms with Crippen LogP contribution in [0.5, 0.6) is 0 Å². The lowest BCUT2D eigenvalue weighted by molar-refractivity contribution is -0.155. The van der Waals surface area contributed by atoms with Crippen molar-refractivity contribution in [3.8, 4) is 0 Å². The molecule has 68 valence electrons. The van der Waals surface area contributed by atoms with Gasteiger partial charge in [-0.2, -0.15) is 0 Å². The Morgan fingerprint density at radius 3 is 3.08 bits per heavy atom. The highest BCUT2D eigenvalue weighted by atomic mass is 16.7. The molecule has 1 saturated heterocycles. The molecule has 0 N–H and O–H groups in total. The van der Waals surface area contributed by atoms with Crippen molar-refractivity contribution < 1.29 is 9.47 Å². The molecule has 1 fully saturated rings. The van der Waals surface area contributed by atoms with Crippen LogP contribution in [0.2, 0.25) is 0 Å². The lowest BCUT2D eigenvalue weighted by atomic mass is 10.2. The van der Waals surface area contributed by atoms with E-state index in [9.17, 15) is 0 Å². The molecule has 0 amide bonds. The third kappa shape index (κ3) is 3.69. The van der Waals surface area contributed by atoms with Gasteiger partial charge < -0.3 is 9.47 Å². The summed E-state index contributed by atoms with van der Waals surface area (Å²) in [6.45, 7) is 5.04. The number of rotatable bonds is 4. The summed E-state index contributed by atoms with van der Waals surface area (Å²) < 4.78 is 10.8. The van der Waals surface area contributed by atoms with Gasteiger partial charge in [0, 0.05) is 6.61 Å². The van der Waals surface area contributed by atoms with Crippen LogP contribution in [0.1, 0.15) is 19.3 Å². The second-order valence-electron chi connectivity index (χ2n) is 2.79. The first-order valence-electron chi connectivity index (χ1n) is 4.44. The second-order valence-corrected chi connectivity index (χ2v) is 2.79. The molecule has 0 aromatic rings. The number of ether oxygens (including phenoxy) is 2. The monoisotopic (exact) mass is 168 g/mol. The van der Waals surface area contributed by atoms with Crippen molar-refractivity contribution in [3.63, 3.8) is 0 Å². The van der Waals surface area contributed by atoms with E-state index in [-0.39, 0.29) is 6.29 Å². The average Bonchev–Trinajstić information content (AvgIpc) is 2.14. The largest absolute Gasteiger partial charge is 0.353 e. The van der Waals surface area contributed by atoms with Crippen molar-refractivity contribution in [1.82, 2.24) is 0 Å². The molecule has 2 heteroatoms. The van der Waals surface area contributed by atoms with E-state index in [1.165, 1.54) is 12.8 Å². The maximum absolute atomic E-state index is 5.43. The van der Waals surface area contributed by atoms with E-state index in [0.717, 1.165) is 13.0 Å². The van der Waals surface area contributed by atoms with E-state index in [0.29, 0.717) is 6.61 Å². The zero-order valence-corrected chi connectivity index (χ0v) is 7.37. The van der Waals surface area contributed by atoms with Gasteiger partial charge >= 0.3 is 0 Å². The molecular weight excluding hydrogens is 152 g/mol. The zero-order chi connectivity index (χ0) is 8.65. The first-order valence-corrected chi connectivity index (χ1v) is 4.44. The van der Waals surface area contributed by atoms with Gasteiger partial charge in [-0.25, -0.2) is 0 Å². The van der Waals surface area contributed by atoms with Crippen molar-refractivity contribution in [2.45, 2.75) is 25.6 Å². The van der Waals surface area contributed by atoms with Crippen LogP contribution in [0.3, 0.4) is 0 Å². The second kappa shape index (κ2) is 5.98. The van der Waals surface area contributed by atoms with Crippen LogP contribution in [0.15, 0.2) is 24.8 Å². The van der Waals surface area contributed by atoms with Gasteiger partial charge in [0.25, 0.3) is 0 Å². The summed E-state index contributed by atoms with van der Waals surface area (Å²) in [7, 11) is 0. The predicted octanol–water partition coefficient (Wildman–Crippen LogP) is 2.27. The lowest BCUT2D eigenvalue weighted by Gasteiger charge is -2.21. The highest BCUT2D eigenvalue weighted by molar-refractivity contribution is 4.96. The van der Waals surface area contributed by atoms with Crippen LogP contribution in [0.25, 0.3) is 0 Å². The summed E-state index contributed by atoms with van der Waals surface area (Å²) >= 11 is 0. The van der Waals surface area contributed by atoms with Crippen molar-refractivity contribution >= 4 is 0 Å². The minimum absolute atomic E-state index is 0.0215. The topological polar surface area (TPSA) is 18.5 Å². The number of allylic oxidation sites excluding steroid dienone is 2. The van der Waals surface area contributed by atoms with Gasteiger partial charge in [0.05, 0.1) is 6.61 Å². The van der Waals surface area contributed by atoms with Gasteiger partial charge in [0.15, 0.2) is 6.29 Å². The molecule has 12 heavy (non-hydrogen) atoms. The fraction of sp³-hybridized carbons (Fsp3) is 0.600. The molecule has 0 radical (unpaired) electrons. The van der Waals surface area contributed by atoms with Crippen molar-refractivity contribution in [3.05, 3.63) is 24.8 Å². The molecule has 0 spiro atoms. The molecule has 2 nitrogen and oxygen atoms in total. The Bertz CT molecular complexity index is 146. The molecule has 0 bridgehead atoms. The molecule has 0 saturated carbocycles. The maximum Gasteiger partial charge on any atom is 0.157 e. The van der Waals surface area contributed by atoms with Crippen LogP contribution >= 0.6 is 0 Å². The average molecular weight is 168 g/mol. The normalized spacial score (nSPS) is 24.5. The molecule has 1 aliphatic heterocycles. The summed E-state index contributed by atoms with van der Waals surface area (Å²) in [6, 6.07) is 0. The van der Waals surface area contributed by atoms with Gasteiger partial charge in [0.1, 0.15) is 0 Å². The Hall–Kier alpha value is -0.600. The number of hydrogen-bond donors (Lipinski definition) is 0. The van der Waals surface area contributed by atoms with Crippen molar-refractivity contribution in [2.75, 3.05) is 13.2 Å². The SMILES string of the molecule is C=CC=CCOC1CCCCO1. The number of hydrogen-bond acceptors (Lipinski definition) is 2. The fourth-order valence-corrected chi connectivity index (χ4v) is 1.16. The smallest absolute Gasteiger partial charge is 0.157 e. The van der Waals surface area contributed by atoms with Gasteiger partial charge in [0.2, 0.25) is 0 Å². The van der Waals surface area contributed by atoms with E-state index in [1.54, 1.807) is 6.08 Å². The molecule has 0 aromatic carbocycles. The van der Waals surface area contributed by atoms with E-state index in [4.69, 9.17) is 9.47 Å². The summed E-state index contributed by atoms with van der Waals surface area (Å²) in [5.74, 6) is 0. The summed E-state index contributed by atoms with van der Waals surface area (Å²) in [6.07, 6.45) is 8.99. The van der Waals surface area contributed by atoms with E-state index < -0.39 is 0 Å². The zero-order valence-electron chi connectivity index (χ0n) is 7.37. The highest BCUT2D eigenvalue weighted by Gasteiger charge is 2.12. The van der Waals surface area contributed by atoms with Gasteiger partial charge in [-0.1, -0.05) is 24.8 Å². The third-order valence-electron chi connectivity index (χ3n) is 1.79. The Kier molecular flexibility index (Phi) is 4.73. The van der Waals surface area contributed by atoms with Crippen LogP contribution < -0.4 is 0 Å². The van der Waals surface area contributed by atoms with E-state index >= 15 is 0 Å². The Labute approximate surface area is 73.9 Å². The first kappa shape index (κ1) is 9.49. The van der Waals surface area contributed by atoms with Crippen LogP contribution in [-0.2, 0) is 9.47 Å².